The summed E-state index contributed by atoms with van der Waals surface area (Å²) >= 11 is 0. The summed E-state index contributed by atoms with van der Waals surface area (Å²) in [5, 5.41) is 2.66. The van der Waals surface area contributed by atoms with Gasteiger partial charge < -0.3 is 9.47 Å². The fraction of sp³-hybridized carbons (Fsp3) is 0.500. The smallest absolute Gasteiger partial charge is 0.411 e. The van der Waals surface area contributed by atoms with Gasteiger partial charge in [-0.2, -0.15) is 0 Å². The van der Waals surface area contributed by atoms with Crippen molar-refractivity contribution in [1.29, 1.82) is 0 Å². The van der Waals surface area contributed by atoms with Gasteiger partial charge in [0.15, 0.2) is 0 Å². The highest BCUT2D eigenvalue weighted by molar-refractivity contribution is 5.84. The number of para-hydroxylation sites is 1. The molecule has 0 aliphatic rings. The predicted octanol–water partition coefficient (Wildman–Crippen LogP) is 3.75. The van der Waals surface area contributed by atoms with Crippen LogP contribution in [0, 0.1) is 0 Å². The van der Waals surface area contributed by atoms with Crippen molar-refractivity contribution in [2.24, 2.45) is 0 Å². The number of rotatable bonds is 9. The third kappa shape index (κ3) is 8.68. The average Bonchev–Trinajstić information content (AvgIpc) is 2.50. The molecule has 0 heterocycles. The highest BCUT2D eigenvalue weighted by atomic mass is 16.5. The van der Waals surface area contributed by atoms with Crippen LogP contribution >= 0.6 is 0 Å². The van der Waals surface area contributed by atoms with Crippen LogP contribution in [0.4, 0.5) is 10.5 Å². The van der Waals surface area contributed by atoms with Gasteiger partial charge in [-0.25, -0.2) is 4.79 Å². The summed E-state index contributed by atoms with van der Waals surface area (Å²) in [5.74, 6) is -0.157. The second-order valence-electron chi connectivity index (χ2n) is 4.72. The molecule has 1 amide bonds. The van der Waals surface area contributed by atoms with Gasteiger partial charge in [0.25, 0.3) is 0 Å². The Morgan fingerprint density at radius 3 is 2.38 bits per heavy atom. The minimum atomic E-state index is -0.424. The minimum Gasteiger partial charge on any atom is -0.469 e. The summed E-state index contributed by atoms with van der Waals surface area (Å²) in [6, 6.07) is 9.20. The summed E-state index contributed by atoms with van der Waals surface area (Å²) < 4.78 is 9.65. The van der Waals surface area contributed by atoms with Gasteiger partial charge in [0.1, 0.15) is 0 Å². The van der Waals surface area contributed by atoms with Crippen LogP contribution in [0.25, 0.3) is 0 Å². The number of benzene rings is 1. The number of ether oxygens (including phenoxy) is 2. The molecular formula is C16H23NO4. The number of methoxy groups -OCH3 is 1. The van der Waals surface area contributed by atoms with Crippen molar-refractivity contribution in [2.75, 3.05) is 19.0 Å². The van der Waals surface area contributed by atoms with Gasteiger partial charge in [0.2, 0.25) is 0 Å². The zero-order chi connectivity index (χ0) is 15.3. The lowest BCUT2D eigenvalue weighted by Crippen LogP contribution is -2.14. The quantitative estimate of drug-likeness (QED) is 0.556. The van der Waals surface area contributed by atoms with Gasteiger partial charge in [0, 0.05) is 12.1 Å². The first-order chi connectivity index (χ1) is 10.2. The summed E-state index contributed by atoms with van der Waals surface area (Å²) in [4.78, 5) is 22.4. The SMILES string of the molecule is COC(=O)CCCCCCCOC(=O)Nc1ccccc1. The molecule has 5 heteroatoms. The normalized spacial score (nSPS) is 9.95. The largest absolute Gasteiger partial charge is 0.469 e. The summed E-state index contributed by atoms with van der Waals surface area (Å²) in [6.07, 6.45) is 4.74. The van der Waals surface area contributed by atoms with Crippen LogP contribution < -0.4 is 5.32 Å². The molecule has 1 N–H and O–H groups in total. The Labute approximate surface area is 125 Å². The molecule has 116 valence electrons. The Morgan fingerprint density at radius 1 is 1.00 bits per heavy atom. The molecule has 0 unspecified atom stereocenters. The molecule has 1 aromatic rings. The monoisotopic (exact) mass is 293 g/mol. The first kappa shape index (κ1) is 17.0. The molecule has 1 rings (SSSR count). The molecular weight excluding hydrogens is 270 g/mol. The van der Waals surface area contributed by atoms with Gasteiger partial charge in [-0.1, -0.05) is 37.5 Å². The Balaban J connectivity index is 1.94. The number of amides is 1. The van der Waals surface area contributed by atoms with Crippen LogP contribution in [0.2, 0.25) is 0 Å². The maximum atomic E-state index is 11.5. The van der Waals surface area contributed by atoms with Crippen LogP contribution in [-0.2, 0) is 14.3 Å². The lowest BCUT2D eigenvalue weighted by Gasteiger charge is -2.06. The van der Waals surface area contributed by atoms with E-state index >= 15 is 0 Å². The van der Waals surface area contributed by atoms with Crippen LogP contribution in [-0.4, -0.2) is 25.8 Å². The maximum absolute atomic E-state index is 11.5. The first-order valence-corrected chi connectivity index (χ1v) is 7.28. The molecule has 0 fully saturated rings. The maximum Gasteiger partial charge on any atom is 0.411 e. The van der Waals surface area contributed by atoms with E-state index in [0.29, 0.717) is 13.0 Å². The van der Waals surface area contributed by atoms with Crippen molar-refractivity contribution in [3.05, 3.63) is 30.3 Å². The topological polar surface area (TPSA) is 64.6 Å². The first-order valence-electron chi connectivity index (χ1n) is 7.28. The molecule has 0 aromatic heterocycles. The molecule has 0 aliphatic carbocycles. The van der Waals surface area contributed by atoms with Crippen molar-refractivity contribution in [3.63, 3.8) is 0 Å². The molecule has 0 aliphatic heterocycles. The van der Waals surface area contributed by atoms with Gasteiger partial charge in [0.05, 0.1) is 13.7 Å². The minimum absolute atomic E-state index is 0.157. The fourth-order valence-electron chi connectivity index (χ4n) is 1.84. The van der Waals surface area contributed by atoms with E-state index in [1.165, 1.54) is 7.11 Å². The fourth-order valence-corrected chi connectivity index (χ4v) is 1.84. The Hall–Kier alpha value is -2.04. The van der Waals surface area contributed by atoms with Gasteiger partial charge in [-0.15, -0.1) is 0 Å². The molecule has 5 nitrogen and oxygen atoms in total. The molecule has 21 heavy (non-hydrogen) atoms. The number of hydrogen-bond donors (Lipinski definition) is 1. The average molecular weight is 293 g/mol. The standard InChI is InChI=1S/C16H23NO4/c1-20-15(18)12-8-3-2-4-9-13-21-16(19)17-14-10-6-5-7-11-14/h5-7,10-11H,2-4,8-9,12-13H2,1H3,(H,17,19). The van der Waals surface area contributed by atoms with E-state index in [2.05, 4.69) is 10.1 Å². The van der Waals surface area contributed by atoms with E-state index in [-0.39, 0.29) is 5.97 Å². The van der Waals surface area contributed by atoms with Crippen LogP contribution in [0.5, 0.6) is 0 Å². The van der Waals surface area contributed by atoms with E-state index in [0.717, 1.165) is 37.8 Å². The Morgan fingerprint density at radius 2 is 1.67 bits per heavy atom. The van der Waals surface area contributed by atoms with Crippen molar-refractivity contribution >= 4 is 17.7 Å². The number of carbonyl (C=O) groups is 2. The number of esters is 1. The molecule has 0 saturated carbocycles. The third-order valence-electron chi connectivity index (χ3n) is 3.01. The predicted molar refractivity (Wildman–Crippen MR) is 81.1 cm³/mol. The summed E-state index contributed by atoms with van der Waals surface area (Å²) in [5.41, 5.74) is 0.727. The van der Waals surface area contributed by atoms with Crippen molar-refractivity contribution < 1.29 is 19.1 Å². The van der Waals surface area contributed by atoms with E-state index in [1.54, 1.807) is 0 Å². The van der Waals surface area contributed by atoms with Gasteiger partial charge >= 0.3 is 12.1 Å². The summed E-state index contributed by atoms with van der Waals surface area (Å²) in [7, 11) is 1.40. The Bertz CT molecular complexity index is 420. The number of unbranched alkanes of at least 4 members (excludes halogenated alkanes) is 4. The second kappa shape index (κ2) is 10.7. The number of hydrogen-bond acceptors (Lipinski definition) is 4. The van der Waals surface area contributed by atoms with Crippen molar-refractivity contribution in [2.45, 2.75) is 38.5 Å². The molecule has 0 bridgehead atoms. The Kier molecular flexibility index (Phi) is 8.68. The lowest BCUT2D eigenvalue weighted by molar-refractivity contribution is -0.140. The highest BCUT2D eigenvalue weighted by Gasteiger charge is 2.02. The third-order valence-corrected chi connectivity index (χ3v) is 3.01. The van der Waals surface area contributed by atoms with E-state index in [9.17, 15) is 9.59 Å². The van der Waals surface area contributed by atoms with E-state index in [1.807, 2.05) is 30.3 Å². The van der Waals surface area contributed by atoms with E-state index < -0.39 is 6.09 Å². The molecule has 1 aromatic carbocycles. The number of anilines is 1. The van der Waals surface area contributed by atoms with Crippen molar-refractivity contribution in [1.82, 2.24) is 0 Å². The number of nitrogens with one attached hydrogen (secondary N) is 1. The number of carbonyl (C=O) groups excluding carboxylic acids is 2. The molecule has 0 radical (unpaired) electrons. The molecule has 0 atom stereocenters. The van der Waals surface area contributed by atoms with Crippen molar-refractivity contribution in [3.8, 4) is 0 Å². The lowest BCUT2D eigenvalue weighted by atomic mass is 10.1. The van der Waals surface area contributed by atoms with Gasteiger partial charge in [-0.05, 0) is 25.0 Å². The van der Waals surface area contributed by atoms with Crippen LogP contribution in [0.1, 0.15) is 38.5 Å². The molecule has 0 saturated heterocycles. The van der Waals surface area contributed by atoms with E-state index in [4.69, 9.17) is 4.74 Å². The summed E-state index contributed by atoms with van der Waals surface area (Å²) in [6.45, 7) is 0.412. The zero-order valence-electron chi connectivity index (χ0n) is 12.5. The van der Waals surface area contributed by atoms with Crippen LogP contribution in [0.3, 0.4) is 0 Å². The van der Waals surface area contributed by atoms with Gasteiger partial charge in [-0.3, -0.25) is 10.1 Å². The zero-order valence-corrected chi connectivity index (χ0v) is 12.5. The molecule has 0 spiro atoms. The highest BCUT2D eigenvalue weighted by Crippen LogP contribution is 2.08. The second-order valence-corrected chi connectivity index (χ2v) is 4.72. The van der Waals surface area contributed by atoms with Crippen LogP contribution in [0.15, 0.2) is 30.3 Å².